The Hall–Kier alpha value is -3.34. The summed E-state index contributed by atoms with van der Waals surface area (Å²) in [5.74, 6) is 0.739. The van der Waals surface area contributed by atoms with E-state index in [0.717, 1.165) is 67.4 Å². The average molecular weight is 414 g/mol. The number of furan rings is 1. The third-order valence-corrected chi connectivity index (χ3v) is 6.28. The van der Waals surface area contributed by atoms with E-state index in [2.05, 4.69) is 29.2 Å². The fourth-order valence-corrected chi connectivity index (χ4v) is 4.61. The number of nitrogens with zero attached hydrogens (tertiary/aromatic N) is 3. The van der Waals surface area contributed by atoms with E-state index in [9.17, 15) is 4.79 Å². The Morgan fingerprint density at radius 3 is 2.94 bits per heavy atom. The van der Waals surface area contributed by atoms with Crippen molar-refractivity contribution >= 4 is 16.9 Å². The summed E-state index contributed by atoms with van der Waals surface area (Å²) in [5.41, 5.74) is 4.17. The van der Waals surface area contributed by atoms with Crippen LogP contribution in [0.5, 0.6) is 0 Å². The van der Waals surface area contributed by atoms with Gasteiger partial charge in [0.05, 0.1) is 12.6 Å². The third-order valence-electron chi connectivity index (χ3n) is 6.28. The van der Waals surface area contributed by atoms with Crippen LogP contribution in [-0.2, 0) is 13.0 Å². The Labute approximate surface area is 182 Å². The lowest BCUT2D eigenvalue weighted by atomic mass is 9.92. The van der Waals surface area contributed by atoms with Crippen molar-refractivity contribution in [2.24, 2.45) is 5.92 Å². The van der Waals surface area contributed by atoms with Gasteiger partial charge in [0.15, 0.2) is 0 Å². The Kier molecular flexibility index (Phi) is 5.57. The van der Waals surface area contributed by atoms with E-state index in [1.54, 1.807) is 18.8 Å². The summed E-state index contributed by atoms with van der Waals surface area (Å²) in [5, 5.41) is 1.15. The number of hydrogen-bond donors (Lipinski definition) is 0. The minimum atomic E-state index is 0.144. The van der Waals surface area contributed by atoms with E-state index in [1.807, 2.05) is 39.9 Å². The Morgan fingerprint density at radius 2 is 2.03 bits per heavy atom. The molecule has 0 unspecified atom stereocenters. The van der Waals surface area contributed by atoms with Gasteiger partial charge in [0.25, 0.3) is 5.91 Å². The van der Waals surface area contributed by atoms with Crippen molar-refractivity contribution in [3.8, 4) is 0 Å². The average Bonchev–Trinajstić information content (AvgIpc) is 3.41. The van der Waals surface area contributed by atoms with Crippen LogP contribution in [0.25, 0.3) is 11.0 Å². The SMILES string of the molecule is O=C(c1cccc(Cn2ccnc2)c1)N1CCC[C@H](Cc2ccc3ccoc3c2)CC1. The molecule has 1 amide bonds. The maximum atomic E-state index is 13.2. The second kappa shape index (κ2) is 8.80. The Morgan fingerprint density at radius 1 is 1.06 bits per heavy atom. The molecule has 1 aliphatic heterocycles. The molecule has 2 aromatic carbocycles. The highest BCUT2D eigenvalue weighted by Crippen LogP contribution is 2.25. The van der Waals surface area contributed by atoms with Gasteiger partial charge in [-0.2, -0.15) is 0 Å². The lowest BCUT2D eigenvalue weighted by Crippen LogP contribution is -2.32. The summed E-state index contributed by atoms with van der Waals surface area (Å²) >= 11 is 0. The summed E-state index contributed by atoms with van der Waals surface area (Å²) in [7, 11) is 0. The highest BCUT2D eigenvalue weighted by atomic mass is 16.3. The number of benzene rings is 2. The van der Waals surface area contributed by atoms with Gasteiger partial charge in [-0.15, -0.1) is 0 Å². The van der Waals surface area contributed by atoms with Crippen molar-refractivity contribution < 1.29 is 9.21 Å². The maximum absolute atomic E-state index is 13.2. The summed E-state index contributed by atoms with van der Waals surface area (Å²) in [6, 6.07) is 16.5. The summed E-state index contributed by atoms with van der Waals surface area (Å²) in [6.45, 7) is 2.37. The molecule has 158 valence electrons. The molecular weight excluding hydrogens is 386 g/mol. The van der Waals surface area contributed by atoms with E-state index in [1.165, 1.54) is 5.56 Å². The van der Waals surface area contributed by atoms with Gasteiger partial charge in [-0.05, 0) is 67.0 Å². The van der Waals surface area contributed by atoms with E-state index in [0.29, 0.717) is 5.92 Å². The molecule has 1 saturated heterocycles. The van der Waals surface area contributed by atoms with Crippen LogP contribution in [-0.4, -0.2) is 33.4 Å². The predicted octanol–water partition coefficient (Wildman–Crippen LogP) is 5.16. The first-order valence-corrected chi connectivity index (χ1v) is 11.0. The number of rotatable bonds is 5. The largest absolute Gasteiger partial charge is 0.464 e. The molecule has 5 nitrogen and oxygen atoms in total. The zero-order chi connectivity index (χ0) is 21.0. The summed E-state index contributed by atoms with van der Waals surface area (Å²) < 4.78 is 7.57. The molecule has 5 heteroatoms. The normalized spacial score (nSPS) is 17.0. The number of amides is 1. The lowest BCUT2D eigenvalue weighted by Gasteiger charge is -2.21. The number of hydrogen-bond acceptors (Lipinski definition) is 3. The highest BCUT2D eigenvalue weighted by molar-refractivity contribution is 5.94. The minimum absolute atomic E-state index is 0.144. The molecule has 1 fully saturated rings. The lowest BCUT2D eigenvalue weighted by molar-refractivity contribution is 0.0760. The topological polar surface area (TPSA) is 51.3 Å². The van der Waals surface area contributed by atoms with Crippen molar-refractivity contribution in [2.75, 3.05) is 13.1 Å². The number of carbonyl (C=O) groups is 1. The van der Waals surface area contributed by atoms with Crippen LogP contribution in [0.1, 0.15) is 40.7 Å². The number of aromatic nitrogens is 2. The molecule has 0 saturated carbocycles. The van der Waals surface area contributed by atoms with E-state index >= 15 is 0 Å². The highest BCUT2D eigenvalue weighted by Gasteiger charge is 2.22. The molecule has 1 atom stereocenters. The number of likely N-dealkylation sites (tertiary alicyclic amines) is 1. The van der Waals surface area contributed by atoms with Crippen LogP contribution in [0.15, 0.2) is 77.9 Å². The fraction of sp³-hybridized carbons (Fsp3) is 0.308. The van der Waals surface area contributed by atoms with Gasteiger partial charge in [-0.3, -0.25) is 4.79 Å². The molecular formula is C26H27N3O2. The van der Waals surface area contributed by atoms with Gasteiger partial charge in [0.1, 0.15) is 5.58 Å². The molecule has 3 heterocycles. The van der Waals surface area contributed by atoms with Crippen LogP contribution in [0.3, 0.4) is 0 Å². The molecule has 5 rings (SSSR count). The zero-order valence-corrected chi connectivity index (χ0v) is 17.6. The van der Waals surface area contributed by atoms with Crippen LogP contribution in [0.2, 0.25) is 0 Å². The van der Waals surface area contributed by atoms with Crippen molar-refractivity contribution in [3.63, 3.8) is 0 Å². The standard InChI is InChI=1S/C26H27N3O2/c30-26(24-5-1-3-22(16-24)18-28-13-10-27-19-28)29-11-2-4-20(8-12-29)15-21-6-7-23-9-14-31-25(23)17-21/h1,3,5-7,9-10,13-14,16-17,19-20H,2,4,8,11-12,15,18H2/t20-/m0/s1. The number of imidazole rings is 1. The first kappa shape index (κ1) is 19.6. The summed E-state index contributed by atoms with van der Waals surface area (Å²) in [6.07, 6.45) is 11.5. The van der Waals surface area contributed by atoms with Crippen molar-refractivity contribution in [2.45, 2.75) is 32.2 Å². The Bertz CT molecular complexity index is 1160. The van der Waals surface area contributed by atoms with E-state index in [4.69, 9.17) is 4.42 Å². The van der Waals surface area contributed by atoms with Gasteiger partial charge in [-0.1, -0.05) is 24.3 Å². The molecule has 0 bridgehead atoms. The predicted molar refractivity (Wildman–Crippen MR) is 121 cm³/mol. The first-order valence-electron chi connectivity index (χ1n) is 11.0. The molecule has 0 aliphatic carbocycles. The monoisotopic (exact) mass is 413 g/mol. The van der Waals surface area contributed by atoms with Gasteiger partial charge in [0.2, 0.25) is 0 Å². The van der Waals surface area contributed by atoms with Crippen LogP contribution in [0.4, 0.5) is 0 Å². The smallest absolute Gasteiger partial charge is 0.253 e. The van der Waals surface area contributed by atoms with Gasteiger partial charge < -0.3 is 13.9 Å². The maximum Gasteiger partial charge on any atom is 0.253 e. The van der Waals surface area contributed by atoms with Crippen molar-refractivity contribution in [1.82, 2.24) is 14.5 Å². The molecule has 4 aromatic rings. The molecule has 0 radical (unpaired) electrons. The third kappa shape index (κ3) is 4.55. The first-order chi connectivity index (χ1) is 15.2. The second-order valence-corrected chi connectivity index (χ2v) is 8.52. The Balaban J connectivity index is 1.22. The fourth-order valence-electron chi connectivity index (χ4n) is 4.61. The molecule has 0 N–H and O–H groups in total. The molecule has 2 aromatic heterocycles. The van der Waals surface area contributed by atoms with Crippen LogP contribution >= 0.6 is 0 Å². The molecule has 0 spiro atoms. The van der Waals surface area contributed by atoms with Gasteiger partial charge in [0, 0.05) is 43.0 Å². The zero-order valence-electron chi connectivity index (χ0n) is 17.6. The molecule has 31 heavy (non-hydrogen) atoms. The number of carbonyl (C=O) groups excluding carboxylic acids is 1. The quantitative estimate of drug-likeness (QED) is 0.454. The van der Waals surface area contributed by atoms with Crippen molar-refractivity contribution in [1.29, 1.82) is 0 Å². The minimum Gasteiger partial charge on any atom is -0.464 e. The van der Waals surface area contributed by atoms with Gasteiger partial charge in [-0.25, -0.2) is 4.98 Å². The second-order valence-electron chi connectivity index (χ2n) is 8.52. The van der Waals surface area contributed by atoms with Crippen LogP contribution in [0, 0.1) is 5.92 Å². The number of fused-ring (bicyclic) bond motifs is 1. The van der Waals surface area contributed by atoms with Crippen LogP contribution < -0.4 is 0 Å². The summed E-state index contributed by atoms with van der Waals surface area (Å²) in [4.78, 5) is 19.3. The van der Waals surface area contributed by atoms with E-state index in [-0.39, 0.29) is 5.91 Å². The van der Waals surface area contributed by atoms with Gasteiger partial charge >= 0.3 is 0 Å². The molecule has 1 aliphatic rings. The van der Waals surface area contributed by atoms with E-state index < -0.39 is 0 Å². The van der Waals surface area contributed by atoms with Crippen molar-refractivity contribution in [3.05, 3.63) is 90.2 Å².